The number of hydrogen-bond acceptors (Lipinski definition) is 4. The van der Waals surface area contributed by atoms with Gasteiger partial charge in [0, 0.05) is 26.7 Å². The molecule has 0 radical (unpaired) electrons. The lowest BCUT2D eigenvalue weighted by Gasteiger charge is -2.17. The number of nitrogens with one attached hydrogen (secondary N) is 2. The molecule has 0 aliphatic rings. The van der Waals surface area contributed by atoms with Crippen LogP contribution < -0.4 is 15.4 Å². The third kappa shape index (κ3) is 8.22. The molecular weight excluding hydrogens is 304 g/mol. The SMILES string of the molecule is CCC(Oc1cccc(C)c1)C(=O)NCCNCCOC.Cl. The van der Waals surface area contributed by atoms with Crippen molar-refractivity contribution < 1.29 is 14.3 Å². The highest BCUT2D eigenvalue weighted by atomic mass is 35.5. The van der Waals surface area contributed by atoms with Crippen molar-refractivity contribution >= 4 is 18.3 Å². The Morgan fingerprint density at radius 2 is 2.05 bits per heavy atom. The second-order valence-electron chi connectivity index (χ2n) is 4.87. The van der Waals surface area contributed by atoms with Crippen molar-refractivity contribution in [1.82, 2.24) is 10.6 Å². The van der Waals surface area contributed by atoms with Crippen LogP contribution in [0, 0.1) is 6.92 Å². The Labute approximate surface area is 139 Å². The van der Waals surface area contributed by atoms with Crippen molar-refractivity contribution in [3.05, 3.63) is 29.8 Å². The van der Waals surface area contributed by atoms with Gasteiger partial charge < -0.3 is 20.1 Å². The molecule has 0 fully saturated rings. The number of halogens is 1. The Morgan fingerprint density at radius 3 is 2.68 bits per heavy atom. The summed E-state index contributed by atoms with van der Waals surface area (Å²) in [6.07, 6.45) is 0.183. The third-order valence-electron chi connectivity index (χ3n) is 3.02. The lowest BCUT2D eigenvalue weighted by Crippen LogP contribution is -2.41. The van der Waals surface area contributed by atoms with E-state index in [4.69, 9.17) is 9.47 Å². The number of benzene rings is 1. The van der Waals surface area contributed by atoms with E-state index < -0.39 is 6.10 Å². The molecule has 5 nitrogen and oxygen atoms in total. The van der Waals surface area contributed by atoms with E-state index in [0.717, 1.165) is 24.4 Å². The highest BCUT2D eigenvalue weighted by molar-refractivity contribution is 5.85. The summed E-state index contributed by atoms with van der Waals surface area (Å²) in [4.78, 5) is 12.1. The maximum Gasteiger partial charge on any atom is 0.261 e. The largest absolute Gasteiger partial charge is 0.481 e. The third-order valence-corrected chi connectivity index (χ3v) is 3.02. The summed E-state index contributed by atoms with van der Waals surface area (Å²) in [6.45, 7) is 6.69. The van der Waals surface area contributed by atoms with Crippen LogP contribution in [0.5, 0.6) is 5.75 Å². The minimum absolute atomic E-state index is 0. The molecule has 1 amide bonds. The number of hydrogen-bond donors (Lipinski definition) is 2. The quantitative estimate of drug-likeness (QED) is 0.644. The van der Waals surface area contributed by atoms with Crippen molar-refractivity contribution in [3.8, 4) is 5.75 Å². The minimum atomic E-state index is -0.453. The number of ether oxygens (including phenoxy) is 2. The first kappa shape index (κ1) is 20.7. The molecule has 0 saturated heterocycles. The number of carbonyl (C=O) groups excluding carboxylic acids is 1. The fourth-order valence-corrected chi connectivity index (χ4v) is 1.86. The molecule has 0 aliphatic heterocycles. The fraction of sp³-hybridized carbons (Fsp3) is 0.562. The Balaban J connectivity index is 0.00000441. The molecule has 1 rings (SSSR count). The van der Waals surface area contributed by atoms with Gasteiger partial charge in [-0.2, -0.15) is 0 Å². The molecule has 0 heterocycles. The zero-order valence-corrected chi connectivity index (χ0v) is 14.4. The molecule has 126 valence electrons. The first-order valence-corrected chi connectivity index (χ1v) is 7.38. The van der Waals surface area contributed by atoms with Gasteiger partial charge in [-0.3, -0.25) is 4.79 Å². The van der Waals surface area contributed by atoms with E-state index in [2.05, 4.69) is 10.6 Å². The Hall–Kier alpha value is -1.30. The first-order valence-electron chi connectivity index (χ1n) is 7.38. The summed E-state index contributed by atoms with van der Waals surface area (Å²) in [5.41, 5.74) is 1.12. The van der Waals surface area contributed by atoms with Crippen LogP contribution >= 0.6 is 12.4 Å². The van der Waals surface area contributed by atoms with Crippen LogP contribution in [0.15, 0.2) is 24.3 Å². The summed E-state index contributed by atoms with van der Waals surface area (Å²) in [5.74, 6) is 0.655. The van der Waals surface area contributed by atoms with E-state index in [0.29, 0.717) is 19.6 Å². The topological polar surface area (TPSA) is 59.6 Å². The molecule has 1 atom stereocenters. The molecule has 0 aliphatic carbocycles. The average molecular weight is 331 g/mol. The summed E-state index contributed by atoms with van der Waals surface area (Å²) in [7, 11) is 1.66. The second-order valence-corrected chi connectivity index (χ2v) is 4.87. The van der Waals surface area contributed by atoms with Gasteiger partial charge in [-0.1, -0.05) is 19.1 Å². The molecule has 0 spiro atoms. The van der Waals surface area contributed by atoms with Crippen LogP contribution in [0.4, 0.5) is 0 Å². The smallest absolute Gasteiger partial charge is 0.261 e. The van der Waals surface area contributed by atoms with E-state index in [1.54, 1.807) is 7.11 Å². The van der Waals surface area contributed by atoms with Crippen LogP contribution in [-0.4, -0.2) is 45.4 Å². The van der Waals surface area contributed by atoms with Crippen LogP contribution in [0.3, 0.4) is 0 Å². The summed E-state index contributed by atoms with van der Waals surface area (Å²) in [5, 5.41) is 6.05. The second kappa shape index (κ2) is 12.3. The standard InChI is InChI=1S/C16H26N2O3.ClH/c1-4-15(21-14-7-5-6-13(2)12-14)16(19)18-9-8-17-10-11-20-3;/h5-7,12,15,17H,4,8-11H2,1-3H3,(H,18,19);1H. The Morgan fingerprint density at radius 1 is 1.27 bits per heavy atom. The van der Waals surface area contributed by atoms with Crippen LogP contribution in [0.25, 0.3) is 0 Å². The zero-order chi connectivity index (χ0) is 15.5. The lowest BCUT2D eigenvalue weighted by atomic mass is 10.2. The maximum absolute atomic E-state index is 12.1. The molecule has 1 aromatic carbocycles. The molecule has 2 N–H and O–H groups in total. The zero-order valence-electron chi connectivity index (χ0n) is 13.6. The van der Waals surface area contributed by atoms with Gasteiger partial charge in [-0.15, -0.1) is 12.4 Å². The van der Waals surface area contributed by atoms with Crippen molar-refractivity contribution in [2.45, 2.75) is 26.4 Å². The van der Waals surface area contributed by atoms with Crippen LogP contribution in [0.2, 0.25) is 0 Å². The molecule has 0 bridgehead atoms. The van der Waals surface area contributed by atoms with Gasteiger partial charge in [0.25, 0.3) is 5.91 Å². The number of rotatable bonds is 10. The Kier molecular flexibility index (Phi) is 11.5. The fourth-order valence-electron chi connectivity index (χ4n) is 1.86. The van der Waals surface area contributed by atoms with E-state index >= 15 is 0 Å². The summed E-state index contributed by atoms with van der Waals surface area (Å²) in [6, 6.07) is 7.73. The normalized spacial score (nSPS) is 11.4. The Bertz CT molecular complexity index is 430. The highest BCUT2D eigenvalue weighted by Gasteiger charge is 2.17. The van der Waals surface area contributed by atoms with Gasteiger partial charge in [0.1, 0.15) is 5.75 Å². The predicted molar refractivity (Wildman–Crippen MR) is 90.9 cm³/mol. The van der Waals surface area contributed by atoms with Gasteiger partial charge in [0.15, 0.2) is 6.10 Å². The number of carbonyl (C=O) groups is 1. The first-order chi connectivity index (χ1) is 10.2. The molecule has 1 aromatic rings. The molecule has 0 aromatic heterocycles. The van der Waals surface area contributed by atoms with Gasteiger partial charge in [0.05, 0.1) is 6.61 Å². The molecule has 6 heteroatoms. The van der Waals surface area contributed by atoms with Gasteiger partial charge in [-0.25, -0.2) is 0 Å². The molecular formula is C16H27ClN2O3. The number of methoxy groups -OCH3 is 1. The number of aryl methyl sites for hydroxylation is 1. The van der Waals surface area contributed by atoms with Crippen molar-refractivity contribution in [2.24, 2.45) is 0 Å². The van der Waals surface area contributed by atoms with Crippen molar-refractivity contribution in [1.29, 1.82) is 0 Å². The van der Waals surface area contributed by atoms with Gasteiger partial charge >= 0.3 is 0 Å². The highest BCUT2D eigenvalue weighted by Crippen LogP contribution is 2.15. The van der Waals surface area contributed by atoms with Gasteiger partial charge in [-0.05, 0) is 31.0 Å². The van der Waals surface area contributed by atoms with Crippen molar-refractivity contribution in [2.75, 3.05) is 33.4 Å². The van der Waals surface area contributed by atoms with Crippen molar-refractivity contribution in [3.63, 3.8) is 0 Å². The monoisotopic (exact) mass is 330 g/mol. The summed E-state index contributed by atoms with van der Waals surface area (Å²) < 4.78 is 10.7. The van der Waals surface area contributed by atoms with E-state index in [1.807, 2.05) is 38.1 Å². The predicted octanol–water partition coefficient (Wildman–Crippen LogP) is 1.93. The molecule has 1 unspecified atom stereocenters. The van der Waals surface area contributed by atoms with Crippen LogP contribution in [0.1, 0.15) is 18.9 Å². The van der Waals surface area contributed by atoms with E-state index in [1.165, 1.54) is 0 Å². The number of amides is 1. The van der Waals surface area contributed by atoms with E-state index in [9.17, 15) is 4.79 Å². The minimum Gasteiger partial charge on any atom is -0.481 e. The molecule has 22 heavy (non-hydrogen) atoms. The average Bonchev–Trinajstić information content (AvgIpc) is 2.48. The van der Waals surface area contributed by atoms with E-state index in [-0.39, 0.29) is 18.3 Å². The van der Waals surface area contributed by atoms with Gasteiger partial charge in [0.2, 0.25) is 0 Å². The van der Waals surface area contributed by atoms with Crippen LogP contribution in [-0.2, 0) is 9.53 Å². The summed E-state index contributed by atoms with van der Waals surface area (Å²) >= 11 is 0. The maximum atomic E-state index is 12.1. The molecule has 0 saturated carbocycles. The lowest BCUT2D eigenvalue weighted by molar-refractivity contribution is -0.128.